The fraction of sp³-hybridized carbons (Fsp3) is 0.429. The van der Waals surface area contributed by atoms with Gasteiger partial charge in [0.1, 0.15) is 0 Å². The standard InChI is InChI=1S/C14H20N2O3/c1-9(8-15)3-6-13(17)16-12-5-4-11(14(18)19)7-10(12)2/h4-5,7,9H,3,6,8,15H2,1-2H3,(H,16,17)(H,18,19). The molecule has 0 aromatic heterocycles. The summed E-state index contributed by atoms with van der Waals surface area (Å²) in [6.45, 7) is 4.34. The maximum Gasteiger partial charge on any atom is 0.335 e. The van der Waals surface area contributed by atoms with Gasteiger partial charge in [0.05, 0.1) is 5.56 Å². The normalized spacial score (nSPS) is 11.9. The predicted molar refractivity (Wildman–Crippen MR) is 74.2 cm³/mol. The predicted octanol–water partition coefficient (Wildman–Crippen LogP) is 2.01. The molecule has 0 bridgehead atoms. The Kier molecular flexibility index (Phi) is 5.51. The summed E-state index contributed by atoms with van der Waals surface area (Å²) < 4.78 is 0. The van der Waals surface area contributed by atoms with Gasteiger partial charge in [0.15, 0.2) is 0 Å². The molecule has 0 heterocycles. The number of carboxylic acid groups (broad SMARTS) is 1. The maximum atomic E-state index is 11.7. The van der Waals surface area contributed by atoms with Crippen LogP contribution >= 0.6 is 0 Å². The summed E-state index contributed by atoms with van der Waals surface area (Å²) in [5.41, 5.74) is 7.09. The molecule has 1 aromatic carbocycles. The Hall–Kier alpha value is -1.88. The number of nitrogens with one attached hydrogen (secondary N) is 1. The largest absolute Gasteiger partial charge is 0.478 e. The van der Waals surface area contributed by atoms with Crippen LogP contribution in [0.3, 0.4) is 0 Å². The van der Waals surface area contributed by atoms with Crippen molar-refractivity contribution in [3.63, 3.8) is 0 Å². The first-order valence-corrected chi connectivity index (χ1v) is 6.28. The van der Waals surface area contributed by atoms with Crippen molar-refractivity contribution < 1.29 is 14.7 Å². The third-order valence-electron chi connectivity index (χ3n) is 3.01. The molecule has 1 aromatic rings. The van der Waals surface area contributed by atoms with E-state index >= 15 is 0 Å². The number of carbonyl (C=O) groups excluding carboxylic acids is 1. The van der Waals surface area contributed by atoms with E-state index in [0.29, 0.717) is 24.6 Å². The van der Waals surface area contributed by atoms with E-state index in [-0.39, 0.29) is 11.5 Å². The molecule has 0 aliphatic heterocycles. The molecule has 0 fully saturated rings. The number of benzene rings is 1. The molecule has 0 aliphatic rings. The summed E-state index contributed by atoms with van der Waals surface area (Å²) in [4.78, 5) is 22.5. The van der Waals surface area contributed by atoms with Crippen LogP contribution in [0.4, 0.5) is 5.69 Å². The molecular weight excluding hydrogens is 244 g/mol. The summed E-state index contributed by atoms with van der Waals surface area (Å²) in [7, 11) is 0. The molecule has 0 aliphatic carbocycles. The zero-order chi connectivity index (χ0) is 14.4. The van der Waals surface area contributed by atoms with Crippen molar-refractivity contribution in [3.8, 4) is 0 Å². The Morgan fingerprint density at radius 2 is 2.11 bits per heavy atom. The maximum absolute atomic E-state index is 11.7. The molecule has 1 amide bonds. The van der Waals surface area contributed by atoms with Crippen LogP contribution in [-0.4, -0.2) is 23.5 Å². The average molecular weight is 264 g/mol. The monoisotopic (exact) mass is 264 g/mol. The SMILES string of the molecule is Cc1cc(C(=O)O)ccc1NC(=O)CCC(C)CN. The topological polar surface area (TPSA) is 92.4 Å². The number of aromatic carboxylic acids is 1. The number of aryl methyl sites for hydroxylation is 1. The van der Waals surface area contributed by atoms with Gasteiger partial charge in [0.2, 0.25) is 5.91 Å². The van der Waals surface area contributed by atoms with Gasteiger partial charge < -0.3 is 16.2 Å². The van der Waals surface area contributed by atoms with Gasteiger partial charge in [-0.1, -0.05) is 6.92 Å². The first-order chi connectivity index (χ1) is 8.93. The van der Waals surface area contributed by atoms with Gasteiger partial charge in [-0.2, -0.15) is 0 Å². The van der Waals surface area contributed by atoms with Gasteiger partial charge in [-0.3, -0.25) is 4.79 Å². The minimum atomic E-state index is -0.974. The van der Waals surface area contributed by atoms with Gasteiger partial charge in [0.25, 0.3) is 0 Å². The molecule has 5 heteroatoms. The molecule has 104 valence electrons. The van der Waals surface area contributed by atoms with Gasteiger partial charge in [-0.25, -0.2) is 4.79 Å². The summed E-state index contributed by atoms with van der Waals surface area (Å²) in [5, 5.41) is 11.6. The number of hydrogen-bond acceptors (Lipinski definition) is 3. The molecule has 4 N–H and O–H groups in total. The van der Waals surface area contributed by atoms with E-state index in [2.05, 4.69) is 5.32 Å². The van der Waals surface area contributed by atoms with Gasteiger partial charge in [-0.05, 0) is 49.6 Å². The summed E-state index contributed by atoms with van der Waals surface area (Å²) in [6.07, 6.45) is 1.16. The van der Waals surface area contributed by atoms with Crippen molar-refractivity contribution in [2.45, 2.75) is 26.7 Å². The molecule has 1 rings (SSSR count). The molecule has 5 nitrogen and oxygen atoms in total. The van der Waals surface area contributed by atoms with Crippen LogP contribution in [-0.2, 0) is 4.79 Å². The summed E-state index contributed by atoms with van der Waals surface area (Å²) in [6, 6.07) is 4.64. The van der Waals surface area contributed by atoms with Crippen molar-refractivity contribution in [1.29, 1.82) is 0 Å². The van der Waals surface area contributed by atoms with Crippen molar-refractivity contribution in [2.75, 3.05) is 11.9 Å². The highest BCUT2D eigenvalue weighted by atomic mass is 16.4. The number of carbonyl (C=O) groups is 2. The van der Waals surface area contributed by atoms with Crippen LogP contribution in [0, 0.1) is 12.8 Å². The minimum absolute atomic E-state index is 0.0773. The number of carboxylic acids is 1. The lowest BCUT2D eigenvalue weighted by Gasteiger charge is -2.11. The lowest BCUT2D eigenvalue weighted by molar-refractivity contribution is -0.116. The number of hydrogen-bond donors (Lipinski definition) is 3. The Bertz CT molecular complexity index is 472. The highest BCUT2D eigenvalue weighted by Crippen LogP contribution is 2.17. The molecule has 0 radical (unpaired) electrons. The second-order valence-corrected chi connectivity index (χ2v) is 4.76. The van der Waals surface area contributed by atoms with Gasteiger partial charge >= 0.3 is 5.97 Å². The first kappa shape index (κ1) is 15.2. The molecule has 1 unspecified atom stereocenters. The average Bonchev–Trinajstić information content (AvgIpc) is 2.38. The van der Waals surface area contributed by atoms with Crippen molar-refractivity contribution in [1.82, 2.24) is 0 Å². The second kappa shape index (κ2) is 6.89. The fourth-order valence-electron chi connectivity index (χ4n) is 1.65. The smallest absolute Gasteiger partial charge is 0.335 e. The summed E-state index contributed by atoms with van der Waals surface area (Å²) >= 11 is 0. The van der Waals surface area contributed by atoms with Crippen LogP contribution in [0.2, 0.25) is 0 Å². The first-order valence-electron chi connectivity index (χ1n) is 6.28. The van der Waals surface area contributed by atoms with E-state index in [1.165, 1.54) is 6.07 Å². The number of amides is 1. The minimum Gasteiger partial charge on any atom is -0.478 e. The van der Waals surface area contributed by atoms with Gasteiger partial charge in [-0.15, -0.1) is 0 Å². The third-order valence-corrected chi connectivity index (χ3v) is 3.01. The van der Waals surface area contributed by atoms with Crippen molar-refractivity contribution in [2.24, 2.45) is 11.7 Å². The highest BCUT2D eigenvalue weighted by molar-refractivity contribution is 5.93. The number of rotatable bonds is 6. The Morgan fingerprint density at radius 1 is 1.42 bits per heavy atom. The quantitative estimate of drug-likeness (QED) is 0.732. The lowest BCUT2D eigenvalue weighted by atomic mass is 10.1. The third kappa shape index (κ3) is 4.71. The van der Waals surface area contributed by atoms with E-state index in [4.69, 9.17) is 10.8 Å². The van der Waals surface area contributed by atoms with Crippen LogP contribution in [0.15, 0.2) is 18.2 Å². The van der Waals surface area contributed by atoms with Crippen LogP contribution in [0.1, 0.15) is 35.7 Å². The molecule has 19 heavy (non-hydrogen) atoms. The van der Waals surface area contributed by atoms with Crippen LogP contribution in [0.25, 0.3) is 0 Å². The molecular formula is C14H20N2O3. The molecule has 0 spiro atoms. The van der Waals surface area contributed by atoms with Crippen molar-refractivity contribution in [3.05, 3.63) is 29.3 Å². The summed E-state index contributed by atoms with van der Waals surface area (Å²) in [5.74, 6) is -0.731. The van der Waals surface area contributed by atoms with E-state index < -0.39 is 5.97 Å². The highest BCUT2D eigenvalue weighted by Gasteiger charge is 2.09. The Labute approximate surface area is 112 Å². The molecule has 0 saturated heterocycles. The van der Waals surface area contributed by atoms with E-state index in [9.17, 15) is 9.59 Å². The number of anilines is 1. The van der Waals surface area contributed by atoms with Crippen LogP contribution in [0.5, 0.6) is 0 Å². The molecule has 1 atom stereocenters. The van der Waals surface area contributed by atoms with Gasteiger partial charge in [0, 0.05) is 12.1 Å². The second-order valence-electron chi connectivity index (χ2n) is 4.76. The van der Waals surface area contributed by atoms with Crippen molar-refractivity contribution >= 4 is 17.6 Å². The van der Waals surface area contributed by atoms with E-state index in [0.717, 1.165) is 12.0 Å². The Morgan fingerprint density at radius 3 is 2.63 bits per heavy atom. The van der Waals surface area contributed by atoms with E-state index in [1.807, 2.05) is 6.92 Å². The number of nitrogens with two attached hydrogens (primary N) is 1. The zero-order valence-electron chi connectivity index (χ0n) is 11.3. The Balaban J connectivity index is 2.62. The van der Waals surface area contributed by atoms with E-state index in [1.54, 1.807) is 19.1 Å². The lowest BCUT2D eigenvalue weighted by Crippen LogP contribution is -2.17. The molecule has 0 saturated carbocycles. The fourth-order valence-corrected chi connectivity index (χ4v) is 1.65. The zero-order valence-corrected chi connectivity index (χ0v) is 11.3. The van der Waals surface area contributed by atoms with Crippen LogP contribution < -0.4 is 11.1 Å².